The maximum absolute atomic E-state index is 12.1. The van der Waals surface area contributed by atoms with Gasteiger partial charge in [-0.3, -0.25) is 0 Å². The lowest BCUT2D eigenvalue weighted by Gasteiger charge is -2.29. The van der Waals surface area contributed by atoms with E-state index in [1.807, 2.05) is 38.4 Å². The van der Waals surface area contributed by atoms with Crippen LogP contribution in [0.3, 0.4) is 0 Å². The smallest absolute Gasteiger partial charge is 0.270 e. The van der Waals surface area contributed by atoms with Crippen LogP contribution in [0.2, 0.25) is 0 Å². The molecule has 0 fully saturated rings. The van der Waals surface area contributed by atoms with Gasteiger partial charge in [0.1, 0.15) is 0 Å². The van der Waals surface area contributed by atoms with Crippen LogP contribution in [-0.4, -0.2) is 69.5 Å². The summed E-state index contributed by atoms with van der Waals surface area (Å²) in [5.74, 6) is 0.0762. The SMILES string of the molecule is CCCCN1C=CN(C)C1OS(=O)(=O)CCCCN(C)C. The Morgan fingerprint density at radius 3 is 2.52 bits per heavy atom. The highest BCUT2D eigenvalue weighted by Crippen LogP contribution is 2.18. The van der Waals surface area contributed by atoms with Crippen molar-refractivity contribution in [3.63, 3.8) is 0 Å². The fourth-order valence-corrected chi connectivity index (χ4v) is 3.27. The first-order valence-electron chi connectivity index (χ1n) is 7.57. The first kappa shape index (κ1) is 18.3. The van der Waals surface area contributed by atoms with E-state index in [4.69, 9.17) is 4.18 Å². The number of hydrogen-bond acceptors (Lipinski definition) is 6. The summed E-state index contributed by atoms with van der Waals surface area (Å²) < 4.78 is 29.5. The summed E-state index contributed by atoms with van der Waals surface area (Å²) in [6, 6.07) is 0. The molecule has 7 heteroatoms. The molecule has 1 aliphatic rings. The second kappa shape index (κ2) is 8.60. The van der Waals surface area contributed by atoms with E-state index in [1.165, 1.54) is 0 Å². The van der Waals surface area contributed by atoms with Crippen LogP contribution in [0.5, 0.6) is 0 Å². The van der Waals surface area contributed by atoms with Crippen LogP contribution in [0, 0.1) is 0 Å². The fraction of sp³-hybridized carbons (Fsp3) is 0.857. The van der Waals surface area contributed by atoms with Gasteiger partial charge in [-0.25, -0.2) is 4.18 Å². The largest absolute Gasteiger partial charge is 0.336 e. The Hall–Kier alpha value is -0.790. The molecule has 124 valence electrons. The van der Waals surface area contributed by atoms with Gasteiger partial charge in [0, 0.05) is 26.0 Å². The van der Waals surface area contributed by atoms with Crippen LogP contribution < -0.4 is 0 Å². The van der Waals surface area contributed by atoms with Gasteiger partial charge in [-0.1, -0.05) is 13.3 Å². The zero-order chi connectivity index (χ0) is 15.9. The minimum atomic E-state index is -3.50. The van der Waals surface area contributed by atoms with Crippen molar-refractivity contribution in [1.29, 1.82) is 0 Å². The summed E-state index contributed by atoms with van der Waals surface area (Å²) in [4.78, 5) is 5.77. The predicted octanol–water partition coefficient (Wildman–Crippen LogP) is 1.48. The summed E-state index contributed by atoms with van der Waals surface area (Å²) in [5.41, 5.74) is 0. The molecule has 0 aromatic rings. The van der Waals surface area contributed by atoms with E-state index in [2.05, 4.69) is 11.8 Å². The average Bonchev–Trinajstić information content (AvgIpc) is 2.73. The van der Waals surface area contributed by atoms with Crippen molar-refractivity contribution in [2.75, 3.05) is 40.0 Å². The van der Waals surface area contributed by atoms with Gasteiger partial charge in [0.15, 0.2) is 0 Å². The fourth-order valence-electron chi connectivity index (χ4n) is 2.11. The number of unbranched alkanes of at least 4 members (excludes halogenated alkanes) is 2. The van der Waals surface area contributed by atoms with Crippen molar-refractivity contribution < 1.29 is 12.6 Å². The van der Waals surface area contributed by atoms with Crippen molar-refractivity contribution in [3.8, 4) is 0 Å². The molecule has 0 saturated carbocycles. The van der Waals surface area contributed by atoms with Crippen LogP contribution in [0.1, 0.15) is 32.6 Å². The highest BCUT2D eigenvalue weighted by molar-refractivity contribution is 7.86. The minimum absolute atomic E-state index is 0.0762. The van der Waals surface area contributed by atoms with Crippen molar-refractivity contribution in [2.24, 2.45) is 0 Å². The van der Waals surface area contributed by atoms with Crippen molar-refractivity contribution in [1.82, 2.24) is 14.7 Å². The first-order chi connectivity index (χ1) is 9.85. The zero-order valence-electron chi connectivity index (χ0n) is 13.7. The lowest BCUT2D eigenvalue weighted by atomic mass is 10.3. The third-order valence-corrected chi connectivity index (χ3v) is 4.63. The van der Waals surface area contributed by atoms with E-state index in [-0.39, 0.29) is 5.75 Å². The van der Waals surface area contributed by atoms with Gasteiger partial charge in [0.05, 0.1) is 5.75 Å². The van der Waals surface area contributed by atoms with Crippen molar-refractivity contribution >= 4 is 10.1 Å². The van der Waals surface area contributed by atoms with E-state index >= 15 is 0 Å². The van der Waals surface area contributed by atoms with Crippen LogP contribution in [0.4, 0.5) is 0 Å². The highest BCUT2D eigenvalue weighted by Gasteiger charge is 2.29. The molecule has 6 nitrogen and oxygen atoms in total. The van der Waals surface area contributed by atoms with Gasteiger partial charge in [-0.05, 0) is 39.9 Å². The molecular weight excluding hydrogens is 290 g/mol. The van der Waals surface area contributed by atoms with E-state index in [0.29, 0.717) is 6.42 Å². The summed E-state index contributed by atoms with van der Waals surface area (Å²) in [6.07, 6.45) is 6.77. The van der Waals surface area contributed by atoms with Gasteiger partial charge in [-0.15, -0.1) is 0 Å². The van der Waals surface area contributed by atoms with E-state index in [1.54, 1.807) is 4.90 Å². The monoisotopic (exact) mass is 319 g/mol. The Morgan fingerprint density at radius 1 is 1.19 bits per heavy atom. The molecule has 0 N–H and O–H groups in total. The molecule has 1 aliphatic heterocycles. The minimum Gasteiger partial charge on any atom is -0.336 e. The highest BCUT2D eigenvalue weighted by atomic mass is 32.2. The standard InChI is InChI=1S/C14H29N3O3S/c1-5-6-10-17-12-11-16(4)14(17)20-21(18,19)13-8-7-9-15(2)3/h11-12,14H,5-10,13H2,1-4H3. The molecule has 0 saturated heterocycles. The lowest BCUT2D eigenvalue weighted by Crippen LogP contribution is -2.41. The quantitative estimate of drug-likeness (QED) is 0.449. The average molecular weight is 319 g/mol. The molecule has 1 heterocycles. The molecule has 0 amide bonds. The topological polar surface area (TPSA) is 53.1 Å². The Labute approximate surface area is 129 Å². The van der Waals surface area contributed by atoms with Crippen molar-refractivity contribution in [3.05, 3.63) is 12.4 Å². The van der Waals surface area contributed by atoms with E-state index in [0.717, 1.165) is 32.4 Å². The molecule has 0 radical (unpaired) electrons. The Morgan fingerprint density at radius 2 is 1.90 bits per heavy atom. The molecule has 1 rings (SSSR count). The maximum atomic E-state index is 12.1. The number of rotatable bonds is 10. The molecule has 0 bridgehead atoms. The summed E-state index contributed by atoms with van der Waals surface area (Å²) in [5, 5.41) is 0. The van der Waals surface area contributed by atoms with Gasteiger partial charge in [0.25, 0.3) is 10.1 Å². The van der Waals surface area contributed by atoms with Crippen molar-refractivity contribution in [2.45, 2.75) is 39.0 Å². The van der Waals surface area contributed by atoms with E-state index < -0.39 is 16.5 Å². The predicted molar refractivity (Wildman–Crippen MR) is 85.0 cm³/mol. The molecule has 0 aliphatic carbocycles. The summed E-state index contributed by atoms with van der Waals surface area (Å²) in [7, 11) is 2.30. The second-order valence-corrected chi connectivity index (χ2v) is 7.47. The second-order valence-electron chi connectivity index (χ2n) is 5.75. The van der Waals surface area contributed by atoms with Gasteiger partial charge < -0.3 is 14.7 Å². The third-order valence-electron chi connectivity index (χ3n) is 3.38. The maximum Gasteiger partial charge on any atom is 0.270 e. The molecule has 1 atom stereocenters. The third kappa shape index (κ3) is 6.67. The Balaban J connectivity index is 2.45. The van der Waals surface area contributed by atoms with Gasteiger partial charge in [-0.2, -0.15) is 8.42 Å². The normalized spacial score (nSPS) is 19.0. The molecule has 1 unspecified atom stereocenters. The summed E-state index contributed by atoms with van der Waals surface area (Å²) >= 11 is 0. The Kier molecular flexibility index (Phi) is 7.48. The number of hydrogen-bond donors (Lipinski definition) is 0. The molecule has 0 aromatic heterocycles. The Bertz CT molecular complexity index is 423. The first-order valence-corrected chi connectivity index (χ1v) is 9.15. The molecule has 0 aromatic carbocycles. The van der Waals surface area contributed by atoms with E-state index in [9.17, 15) is 8.42 Å². The zero-order valence-corrected chi connectivity index (χ0v) is 14.5. The van der Waals surface area contributed by atoms with Crippen LogP contribution in [0.25, 0.3) is 0 Å². The summed E-state index contributed by atoms with van der Waals surface area (Å²) in [6.45, 7) is 3.81. The van der Waals surface area contributed by atoms with Gasteiger partial charge in [0.2, 0.25) is 6.35 Å². The number of nitrogens with zero attached hydrogens (tertiary/aromatic N) is 3. The van der Waals surface area contributed by atoms with Crippen LogP contribution >= 0.6 is 0 Å². The molecule has 21 heavy (non-hydrogen) atoms. The molecule has 0 spiro atoms. The van der Waals surface area contributed by atoms with Gasteiger partial charge >= 0.3 is 0 Å². The van der Waals surface area contributed by atoms with Crippen LogP contribution in [-0.2, 0) is 14.3 Å². The lowest BCUT2D eigenvalue weighted by molar-refractivity contribution is -0.00885. The molecular formula is C14H29N3O3S. The van der Waals surface area contributed by atoms with Crippen LogP contribution in [0.15, 0.2) is 12.4 Å².